The van der Waals surface area contributed by atoms with Crippen LogP contribution in [-0.2, 0) is 5.41 Å². The Bertz CT molecular complexity index is 3490. The van der Waals surface area contributed by atoms with E-state index in [9.17, 15) is 0 Å². The summed E-state index contributed by atoms with van der Waals surface area (Å²) in [4.78, 5) is 2.49. The van der Waals surface area contributed by atoms with Gasteiger partial charge in [0.2, 0.25) is 0 Å². The van der Waals surface area contributed by atoms with Crippen LogP contribution in [0.25, 0.3) is 87.6 Å². The molecule has 0 atom stereocenters. The van der Waals surface area contributed by atoms with E-state index in [2.05, 4.69) is 213 Å². The molecule has 0 aliphatic heterocycles. The molecule has 1 aliphatic rings. The van der Waals surface area contributed by atoms with Gasteiger partial charge in [-0.15, -0.1) is 0 Å². The molecule has 2 nitrogen and oxygen atoms in total. The predicted octanol–water partition coefficient (Wildman–Crippen LogP) is 16.2. The summed E-state index contributed by atoms with van der Waals surface area (Å²) >= 11 is 0. The fourth-order valence-corrected chi connectivity index (χ4v) is 10.1. The van der Waals surface area contributed by atoms with Gasteiger partial charge in [0.25, 0.3) is 0 Å². The van der Waals surface area contributed by atoms with Crippen LogP contribution in [0.5, 0.6) is 0 Å². The van der Waals surface area contributed by atoms with Crippen LogP contribution < -0.4 is 4.90 Å². The highest BCUT2D eigenvalue weighted by molar-refractivity contribution is 6.18. The van der Waals surface area contributed by atoms with Crippen LogP contribution in [0.3, 0.4) is 0 Å². The van der Waals surface area contributed by atoms with Gasteiger partial charge in [-0.1, -0.05) is 166 Å². The van der Waals surface area contributed by atoms with Crippen LogP contribution in [0.2, 0.25) is 0 Å². The minimum atomic E-state index is -0.166. The Hall–Kier alpha value is -7.42. The number of hydrogen-bond donors (Lipinski definition) is 0. The summed E-state index contributed by atoms with van der Waals surface area (Å²) in [5, 5.41) is 9.60. The van der Waals surface area contributed by atoms with Crippen molar-refractivity contribution in [2.24, 2.45) is 0 Å². The van der Waals surface area contributed by atoms with Crippen LogP contribution >= 0.6 is 0 Å². The minimum absolute atomic E-state index is 0.166. The molecular weight excluding hydrogens is 715 g/mol. The Labute approximate surface area is 343 Å². The summed E-state index contributed by atoms with van der Waals surface area (Å²) in [5.41, 5.74) is 15.0. The molecule has 0 saturated heterocycles. The Morgan fingerprint density at radius 3 is 1.83 bits per heavy atom. The maximum absolute atomic E-state index is 6.40. The number of hydrogen-bond acceptors (Lipinski definition) is 2. The first-order valence-electron chi connectivity index (χ1n) is 20.5. The second-order valence-corrected chi connectivity index (χ2v) is 16.4. The van der Waals surface area contributed by atoms with E-state index in [1.807, 2.05) is 6.07 Å². The lowest BCUT2D eigenvalue weighted by Gasteiger charge is -2.31. The number of benzene rings is 10. The molecule has 1 aliphatic carbocycles. The summed E-state index contributed by atoms with van der Waals surface area (Å²) in [6.07, 6.45) is 0. The van der Waals surface area contributed by atoms with Gasteiger partial charge >= 0.3 is 0 Å². The molecule has 0 saturated carbocycles. The zero-order chi connectivity index (χ0) is 39.2. The number of furan rings is 1. The first-order chi connectivity index (χ1) is 29.0. The molecule has 12 rings (SSSR count). The molecule has 0 radical (unpaired) electrons. The van der Waals surface area contributed by atoms with Gasteiger partial charge in [-0.05, 0) is 120 Å². The second kappa shape index (κ2) is 12.8. The topological polar surface area (TPSA) is 16.4 Å². The van der Waals surface area contributed by atoms with E-state index in [-0.39, 0.29) is 5.41 Å². The standard InChI is InChI=1S/C57H39NO/c1-57(2)51-26-11-9-22-45(51)46-31-29-39(35-52(46)57)58(38-30-32-55-49(34-38)47-23-10-12-28-54(47)59-55)53-27-14-25-48(43-24-13-17-36-15-3-5-18-40(36)43)56(53)50-33-37-16-4-6-19-41(37)42-20-7-8-21-44(42)50/h3-35H,1-2H3. The fraction of sp³-hybridized carbons (Fsp3) is 0.0526. The highest BCUT2D eigenvalue weighted by Gasteiger charge is 2.36. The predicted molar refractivity (Wildman–Crippen MR) is 249 cm³/mol. The van der Waals surface area contributed by atoms with Crippen molar-refractivity contribution in [2.75, 3.05) is 4.90 Å². The maximum atomic E-state index is 6.40. The van der Waals surface area contributed by atoms with Gasteiger partial charge < -0.3 is 9.32 Å². The van der Waals surface area contributed by atoms with Crippen molar-refractivity contribution in [3.8, 4) is 33.4 Å². The summed E-state index contributed by atoms with van der Waals surface area (Å²) in [6.45, 7) is 4.73. The number of nitrogens with zero attached hydrogens (tertiary/aromatic N) is 1. The van der Waals surface area contributed by atoms with Gasteiger partial charge in [0.05, 0.1) is 5.69 Å². The van der Waals surface area contributed by atoms with Crippen molar-refractivity contribution in [3.05, 3.63) is 211 Å². The monoisotopic (exact) mass is 753 g/mol. The Morgan fingerprint density at radius 1 is 0.356 bits per heavy atom. The normalized spacial score (nSPS) is 13.1. The van der Waals surface area contributed by atoms with E-state index in [0.29, 0.717) is 0 Å². The third-order valence-electron chi connectivity index (χ3n) is 12.8. The minimum Gasteiger partial charge on any atom is -0.456 e. The molecule has 10 aromatic carbocycles. The fourth-order valence-electron chi connectivity index (χ4n) is 10.1. The molecule has 0 amide bonds. The SMILES string of the molecule is CC1(C)c2ccccc2-c2ccc(N(c3ccc4oc5ccccc5c4c3)c3cccc(-c4cccc5ccccc45)c3-c3cc4ccccc4c4ccccc34)cc21. The molecule has 0 N–H and O–H groups in total. The highest BCUT2D eigenvalue weighted by Crippen LogP contribution is 2.53. The molecule has 0 unspecified atom stereocenters. The molecule has 0 spiro atoms. The zero-order valence-corrected chi connectivity index (χ0v) is 32.9. The van der Waals surface area contributed by atoms with E-state index >= 15 is 0 Å². The third-order valence-corrected chi connectivity index (χ3v) is 12.8. The van der Waals surface area contributed by atoms with Crippen molar-refractivity contribution < 1.29 is 4.42 Å². The van der Waals surface area contributed by atoms with Gasteiger partial charge in [-0.3, -0.25) is 0 Å². The van der Waals surface area contributed by atoms with E-state index in [4.69, 9.17) is 4.42 Å². The van der Waals surface area contributed by atoms with Crippen molar-refractivity contribution >= 4 is 71.3 Å². The Kier molecular flexibility index (Phi) is 7.31. The van der Waals surface area contributed by atoms with Gasteiger partial charge in [-0.2, -0.15) is 0 Å². The third kappa shape index (κ3) is 5.06. The summed E-state index contributed by atoms with van der Waals surface area (Å²) in [6, 6.07) is 73.5. The lowest BCUT2D eigenvalue weighted by atomic mass is 9.82. The number of rotatable bonds is 5. The first-order valence-corrected chi connectivity index (χ1v) is 20.5. The largest absolute Gasteiger partial charge is 0.456 e. The van der Waals surface area contributed by atoms with E-state index in [1.54, 1.807) is 0 Å². The Balaban J connectivity index is 1.21. The number of fused-ring (bicyclic) bond motifs is 10. The quantitative estimate of drug-likeness (QED) is 0.163. The van der Waals surface area contributed by atoms with Gasteiger partial charge in [0.1, 0.15) is 11.2 Å². The molecule has 59 heavy (non-hydrogen) atoms. The van der Waals surface area contributed by atoms with Gasteiger partial charge in [-0.25, -0.2) is 0 Å². The molecule has 0 fully saturated rings. The summed E-state index contributed by atoms with van der Waals surface area (Å²) < 4.78 is 6.40. The van der Waals surface area contributed by atoms with E-state index in [0.717, 1.165) is 39.0 Å². The van der Waals surface area contributed by atoms with Crippen molar-refractivity contribution in [1.82, 2.24) is 0 Å². The molecular formula is C57H39NO. The maximum Gasteiger partial charge on any atom is 0.135 e. The zero-order valence-electron chi connectivity index (χ0n) is 32.9. The lowest BCUT2D eigenvalue weighted by Crippen LogP contribution is -2.17. The average Bonchev–Trinajstić information content (AvgIpc) is 3.77. The number of para-hydroxylation sites is 1. The summed E-state index contributed by atoms with van der Waals surface area (Å²) in [5.74, 6) is 0. The van der Waals surface area contributed by atoms with Crippen molar-refractivity contribution in [2.45, 2.75) is 19.3 Å². The van der Waals surface area contributed by atoms with Crippen molar-refractivity contribution in [1.29, 1.82) is 0 Å². The average molecular weight is 754 g/mol. The van der Waals surface area contributed by atoms with Crippen LogP contribution in [0.1, 0.15) is 25.0 Å². The molecule has 278 valence electrons. The Morgan fingerprint density at radius 2 is 0.949 bits per heavy atom. The van der Waals surface area contributed by atoms with Crippen LogP contribution in [-0.4, -0.2) is 0 Å². The second-order valence-electron chi connectivity index (χ2n) is 16.4. The smallest absolute Gasteiger partial charge is 0.135 e. The first kappa shape index (κ1) is 33.7. The number of anilines is 3. The molecule has 2 heteroatoms. The van der Waals surface area contributed by atoms with E-state index < -0.39 is 0 Å². The molecule has 11 aromatic rings. The van der Waals surface area contributed by atoms with Gasteiger partial charge in [0, 0.05) is 33.1 Å². The molecule has 1 aromatic heterocycles. The summed E-state index contributed by atoms with van der Waals surface area (Å²) in [7, 11) is 0. The lowest BCUT2D eigenvalue weighted by molar-refractivity contribution is 0.660. The molecule has 1 heterocycles. The van der Waals surface area contributed by atoms with E-state index in [1.165, 1.54) is 76.8 Å². The van der Waals surface area contributed by atoms with Crippen LogP contribution in [0, 0.1) is 0 Å². The van der Waals surface area contributed by atoms with Crippen molar-refractivity contribution in [3.63, 3.8) is 0 Å². The van der Waals surface area contributed by atoms with Crippen LogP contribution in [0.4, 0.5) is 17.1 Å². The molecule has 0 bridgehead atoms. The van der Waals surface area contributed by atoms with Gasteiger partial charge in [0.15, 0.2) is 0 Å². The highest BCUT2D eigenvalue weighted by atomic mass is 16.3. The van der Waals surface area contributed by atoms with Crippen LogP contribution in [0.15, 0.2) is 205 Å².